The summed E-state index contributed by atoms with van der Waals surface area (Å²) in [4.78, 5) is 22.7. The molecule has 1 atom stereocenters. The molecule has 0 fully saturated rings. The summed E-state index contributed by atoms with van der Waals surface area (Å²) in [5.41, 5.74) is 5.44. The molecule has 0 aliphatic carbocycles. The summed E-state index contributed by atoms with van der Waals surface area (Å²) in [5.74, 6) is -2.29. The number of esters is 1. The van der Waals surface area contributed by atoms with Crippen LogP contribution in [0, 0.1) is 12.7 Å². The van der Waals surface area contributed by atoms with Crippen LogP contribution in [-0.4, -0.2) is 26.4 Å². The molecule has 0 saturated carbocycles. The molecule has 0 bridgehead atoms. The molecule has 2 aromatic carbocycles. The zero-order valence-corrected chi connectivity index (χ0v) is 14.8. The van der Waals surface area contributed by atoms with Crippen molar-refractivity contribution >= 4 is 27.6 Å². The minimum atomic E-state index is -4.05. The average Bonchev–Trinajstić information content (AvgIpc) is 2.56. The van der Waals surface area contributed by atoms with E-state index in [4.69, 9.17) is 10.5 Å². The van der Waals surface area contributed by atoms with Gasteiger partial charge in [-0.15, -0.1) is 0 Å². The third-order valence-electron chi connectivity index (χ3n) is 3.49. The average molecular weight is 380 g/mol. The van der Waals surface area contributed by atoms with Crippen LogP contribution >= 0.6 is 0 Å². The molecule has 9 heteroatoms. The van der Waals surface area contributed by atoms with E-state index in [1.54, 1.807) is 0 Å². The van der Waals surface area contributed by atoms with Gasteiger partial charge in [0.05, 0.1) is 10.5 Å². The Morgan fingerprint density at radius 3 is 2.50 bits per heavy atom. The molecule has 1 amide bonds. The second kappa shape index (κ2) is 7.52. The van der Waals surface area contributed by atoms with Crippen LogP contribution in [0.15, 0.2) is 47.4 Å². The predicted molar refractivity (Wildman–Crippen MR) is 92.5 cm³/mol. The lowest BCUT2D eigenvalue weighted by atomic mass is 10.2. The Morgan fingerprint density at radius 1 is 1.19 bits per heavy atom. The van der Waals surface area contributed by atoms with Crippen molar-refractivity contribution in [2.24, 2.45) is 5.73 Å². The number of primary amides is 1. The number of sulfonamides is 1. The molecule has 0 saturated heterocycles. The molecule has 0 aliphatic heterocycles. The number of aryl methyl sites for hydroxylation is 1. The van der Waals surface area contributed by atoms with E-state index in [1.807, 2.05) is 0 Å². The third kappa shape index (κ3) is 4.57. The number of halogens is 1. The van der Waals surface area contributed by atoms with Crippen LogP contribution in [-0.2, 0) is 19.6 Å². The molecular weight excluding hydrogens is 363 g/mol. The number of hydrogen-bond acceptors (Lipinski definition) is 5. The van der Waals surface area contributed by atoms with Gasteiger partial charge in [0.1, 0.15) is 5.82 Å². The molecule has 2 aromatic rings. The van der Waals surface area contributed by atoms with E-state index < -0.39 is 33.8 Å². The number of carbonyl (C=O) groups excluding carboxylic acids is 2. The summed E-state index contributed by atoms with van der Waals surface area (Å²) in [6.45, 7) is 2.83. The van der Waals surface area contributed by atoms with Gasteiger partial charge in [-0.2, -0.15) is 0 Å². The van der Waals surface area contributed by atoms with Gasteiger partial charge < -0.3 is 10.5 Å². The van der Waals surface area contributed by atoms with E-state index >= 15 is 0 Å². The number of hydrogen-bond donors (Lipinski definition) is 2. The fourth-order valence-corrected chi connectivity index (χ4v) is 3.01. The maximum absolute atomic E-state index is 13.6. The Bertz CT molecular complexity index is 959. The molecule has 0 radical (unpaired) electrons. The van der Waals surface area contributed by atoms with E-state index in [-0.39, 0.29) is 16.1 Å². The summed E-state index contributed by atoms with van der Waals surface area (Å²) < 4.78 is 45.4. The van der Waals surface area contributed by atoms with Gasteiger partial charge >= 0.3 is 5.97 Å². The Balaban J connectivity index is 2.23. The van der Waals surface area contributed by atoms with Crippen molar-refractivity contribution in [2.75, 3.05) is 4.72 Å². The number of amides is 1. The Hall–Kier alpha value is -2.94. The van der Waals surface area contributed by atoms with Crippen molar-refractivity contribution in [1.82, 2.24) is 0 Å². The standard InChI is InChI=1S/C17H17FN2O5S/c1-10-6-7-14(9-15(10)18)26(23,24)20-13-5-3-4-12(8-13)17(22)25-11(2)16(19)21/h3-9,11,20H,1-2H3,(H2,19,21). The van der Waals surface area contributed by atoms with E-state index in [0.29, 0.717) is 5.56 Å². The van der Waals surface area contributed by atoms with Gasteiger partial charge in [-0.1, -0.05) is 12.1 Å². The number of nitrogens with one attached hydrogen (secondary N) is 1. The van der Waals surface area contributed by atoms with E-state index in [9.17, 15) is 22.4 Å². The molecular formula is C17H17FN2O5S. The van der Waals surface area contributed by atoms with Gasteiger partial charge in [-0.05, 0) is 49.7 Å². The van der Waals surface area contributed by atoms with Gasteiger partial charge in [0.25, 0.3) is 15.9 Å². The van der Waals surface area contributed by atoms with E-state index in [0.717, 1.165) is 6.07 Å². The topological polar surface area (TPSA) is 116 Å². The molecule has 7 nitrogen and oxygen atoms in total. The highest BCUT2D eigenvalue weighted by molar-refractivity contribution is 7.92. The van der Waals surface area contributed by atoms with Crippen molar-refractivity contribution in [3.63, 3.8) is 0 Å². The summed E-state index contributed by atoms with van der Waals surface area (Å²) in [7, 11) is -4.05. The van der Waals surface area contributed by atoms with Crippen LogP contribution in [0.4, 0.5) is 10.1 Å². The zero-order chi connectivity index (χ0) is 19.5. The maximum atomic E-state index is 13.6. The Morgan fingerprint density at radius 2 is 1.88 bits per heavy atom. The van der Waals surface area contributed by atoms with Crippen molar-refractivity contribution in [1.29, 1.82) is 0 Å². The molecule has 3 N–H and O–H groups in total. The first-order valence-electron chi connectivity index (χ1n) is 7.49. The number of carbonyl (C=O) groups is 2. The first-order chi connectivity index (χ1) is 12.1. The van der Waals surface area contributed by atoms with Gasteiger partial charge in [-0.25, -0.2) is 17.6 Å². The second-order valence-electron chi connectivity index (χ2n) is 5.55. The van der Waals surface area contributed by atoms with Crippen molar-refractivity contribution in [2.45, 2.75) is 24.8 Å². The molecule has 0 heterocycles. The fraction of sp³-hybridized carbons (Fsp3) is 0.176. The first kappa shape index (κ1) is 19.4. The Labute approximate surface area is 150 Å². The quantitative estimate of drug-likeness (QED) is 0.744. The van der Waals surface area contributed by atoms with Crippen LogP contribution in [0.1, 0.15) is 22.8 Å². The predicted octanol–water partition coefficient (Wildman–Crippen LogP) is 1.97. The van der Waals surface area contributed by atoms with Crippen molar-refractivity contribution in [3.05, 3.63) is 59.4 Å². The number of nitrogens with two attached hydrogens (primary N) is 1. The smallest absolute Gasteiger partial charge is 0.338 e. The number of anilines is 1. The molecule has 0 spiro atoms. The summed E-state index contributed by atoms with van der Waals surface area (Å²) in [6, 6.07) is 8.99. The van der Waals surface area contributed by atoms with E-state index in [1.165, 1.54) is 50.2 Å². The summed E-state index contributed by atoms with van der Waals surface area (Å²) in [6.07, 6.45) is -1.13. The lowest BCUT2D eigenvalue weighted by Crippen LogP contribution is -2.30. The number of ether oxygens (including phenoxy) is 1. The van der Waals surface area contributed by atoms with Crippen molar-refractivity contribution in [3.8, 4) is 0 Å². The van der Waals surface area contributed by atoms with Gasteiger partial charge in [0.15, 0.2) is 6.10 Å². The highest BCUT2D eigenvalue weighted by Gasteiger charge is 2.19. The van der Waals surface area contributed by atoms with Crippen LogP contribution in [0.2, 0.25) is 0 Å². The van der Waals surface area contributed by atoms with Gasteiger partial charge in [-0.3, -0.25) is 9.52 Å². The minimum absolute atomic E-state index is 0.0217. The van der Waals surface area contributed by atoms with Gasteiger partial charge in [0, 0.05) is 5.69 Å². The summed E-state index contributed by atoms with van der Waals surface area (Å²) in [5, 5.41) is 0. The third-order valence-corrected chi connectivity index (χ3v) is 4.87. The van der Waals surface area contributed by atoms with E-state index in [2.05, 4.69) is 4.72 Å². The fourth-order valence-electron chi connectivity index (χ4n) is 1.95. The molecule has 0 aliphatic rings. The number of rotatable bonds is 6. The molecule has 138 valence electrons. The maximum Gasteiger partial charge on any atom is 0.338 e. The largest absolute Gasteiger partial charge is 0.449 e. The number of benzene rings is 2. The molecule has 2 rings (SSSR count). The zero-order valence-electron chi connectivity index (χ0n) is 14.0. The minimum Gasteiger partial charge on any atom is -0.449 e. The normalized spacial score (nSPS) is 12.3. The van der Waals surface area contributed by atoms with Crippen LogP contribution < -0.4 is 10.5 Å². The second-order valence-corrected chi connectivity index (χ2v) is 7.23. The lowest BCUT2D eigenvalue weighted by Gasteiger charge is -2.12. The van der Waals surface area contributed by atoms with Crippen LogP contribution in [0.25, 0.3) is 0 Å². The molecule has 0 aromatic heterocycles. The van der Waals surface area contributed by atoms with Crippen LogP contribution in [0.3, 0.4) is 0 Å². The van der Waals surface area contributed by atoms with Crippen LogP contribution in [0.5, 0.6) is 0 Å². The molecule has 26 heavy (non-hydrogen) atoms. The first-order valence-corrected chi connectivity index (χ1v) is 8.98. The lowest BCUT2D eigenvalue weighted by molar-refractivity contribution is -0.125. The van der Waals surface area contributed by atoms with Gasteiger partial charge in [0.2, 0.25) is 0 Å². The summed E-state index contributed by atoms with van der Waals surface area (Å²) >= 11 is 0. The highest BCUT2D eigenvalue weighted by Crippen LogP contribution is 2.20. The Kier molecular flexibility index (Phi) is 5.61. The monoisotopic (exact) mass is 380 g/mol. The SMILES string of the molecule is Cc1ccc(S(=O)(=O)Nc2cccc(C(=O)OC(C)C(N)=O)c2)cc1F. The molecule has 1 unspecified atom stereocenters. The van der Waals surface area contributed by atoms with Crippen molar-refractivity contribution < 1.29 is 27.1 Å². The highest BCUT2D eigenvalue weighted by atomic mass is 32.2.